The molecule has 0 bridgehead atoms. The van der Waals surface area contributed by atoms with Gasteiger partial charge in [-0.05, 0) is 43.9 Å². The number of anilines is 1. The predicted molar refractivity (Wildman–Crippen MR) is 82.5 cm³/mol. The predicted octanol–water partition coefficient (Wildman–Crippen LogP) is 3.05. The molecule has 0 heterocycles. The molecule has 108 valence electrons. The number of nitrogens with one attached hydrogen (secondary N) is 1. The SMILES string of the molecule is Cc1c(N)cc(Br)cc1S(=O)(=O)NC(C)CC(C)C. The van der Waals surface area contributed by atoms with Gasteiger partial charge in [-0.3, -0.25) is 0 Å². The first-order chi connectivity index (χ1) is 8.63. The maximum absolute atomic E-state index is 12.4. The number of rotatable bonds is 5. The molecule has 1 unspecified atom stereocenters. The zero-order valence-corrected chi connectivity index (χ0v) is 14.1. The molecule has 0 aliphatic heterocycles. The third-order valence-corrected chi connectivity index (χ3v) is 5.01. The lowest BCUT2D eigenvalue weighted by Crippen LogP contribution is -2.34. The van der Waals surface area contributed by atoms with Crippen LogP contribution >= 0.6 is 15.9 Å². The van der Waals surface area contributed by atoms with Crippen molar-refractivity contribution in [2.45, 2.75) is 45.1 Å². The van der Waals surface area contributed by atoms with Gasteiger partial charge in [-0.2, -0.15) is 0 Å². The van der Waals surface area contributed by atoms with Crippen LogP contribution in [-0.2, 0) is 10.0 Å². The minimum absolute atomic E-state index is 0.107. The average Bonchev–Trinajstić information content (AvgIpc) is 2.20. The Kier molecular flexibility index (Phi) is 5.41. The average molecular weight is 349 g/mol. The summed E-state index contributed by atoms with van der Waals surface area (Å²) in [5.41, 5.74) is 6.85. The van der Waals surface area contributed by atoms with Crippen molar-refractivity contribution in [3.8, 4) is 0 Å². The van der Waals surface area contributed by atoms with Gasteiger partial charge in [0.05, 0.1) is 4.90 Å². The van der Waals surface area contributed by atoms with E-state index in [9.17, 15) is 8.42 Å². The molecular formula is C13H21BrN2O2S. The summed E-state index contributed by atoms with van der Waals surface area (Å²) in [5, 5.41) is 0. The van der Waals surface area contributed by atoms with Crippen LogP contribution in [0.25, 0.3) is 0 Å². The lowest BCUT2D eigenvalue weighted by atomic mass is 10.1. The van der Waals surface area contributed by atoms with Crippen LogP contribution in [0.2, 0.25) is 0 Å². The number of hydrogen-bond donors (Lipinski definition) is 2. The van der Waals surface area contributed by atoms with E-state index in [2.05, 4.69) is 34.5 Å². The summed E-state index contributed by atoms with van der Waals surface area (Å²) in [5.74, 6) is 0.436. The molecule has 0 saturated heterocycles. The van der Waals surface area contributed by atoms with E-state index in [1.165, 1.54) is 0 Å². The first kappa shape index (κ1) is 16.5. The van der Waals surface area contributed by atoms with Gasteiger partial charge in [-0.25, -0.2) is 13.1 Å². The van der Waals surface area contributed by atoms with Gasteiger partial charge in [0.15, 0.2) is 0 Å². The van der Waals surface area contributed by atoms with E-state index in [4.69, 9.17) is 5.73 Å². The van der Waals surface area contributed by atoms with Crippen LogP contribution < -0.4 is 10.5 Å². The Morgan fingerprint density at radius 1 is 1.32 bits per heavy atom. The maximum Gasteiger partial charge on any atom is 0.241 e. The fourth-order valence-electron chi connectivity index (χ4n) is 2.04. The fourth-order valence-corrected chi connectivity index (χ4v) is 4.22. The van der Waals surface area contributed by atoms with E-state index in [1.54, 1.807) is 19.1 Å². The summed E-state index contributed by atoms with van der Waals surface area (Å²) >= 11 is 3.27. The van der Waals surface area contributed by atoms with E-state index in [0.717, 1.165) is 6.42 Å². The van der Waals surface area contributed by atoms with Crippen LogP contribution in [0.4, 0.5) is 5.69 Å². The smallest absolute Gasteiger partial charge is 0.241 e. The molecule has 0 spiro atoms. The second-order valence-electron chi connectivity index (χ2n) is 5.27. The van der Waals surface area contributed by atoms with Crippen molar-refractivity contribution < 1.29 is 8.42 Å². The first-order valence-corrected chi connectivity index (χ1v) is 8.49. The second-order valence-corrected chi connectivity index (χ2v) is 7.87. The molecule has 0 fully saturated rings. The molecule has 4 nitrogen and oxygen atoms in total. The second kappa shape index (κ2) is 6.24. The van der Waals surface area contributed by atoms with E-state index >= 15 is 0 Å². The molecule has 6 heteroatoms. The van der Waals surface area contributed by atoms with Crippen molar-refractivity contribution in [2.24, 2.45) is 5.92 Å². The summed E-state index contributed by atoms with van der Waals surface area (Å²) in [6.45, 7) is 7.71. The Bertz CT molecular complexity index is 556. The van der Waals surface area contributed by atoms with Gasteiger partial charge in [-0.1, -0.05) is 29.8 Å². The maximum atomic E-state index is 12.4. The molecule has 1 atom stereocenters. The topological polar surface area (TPSA) is 72.2 Å². The van der Waals surface area contributed by atoms with E-state index < -0.39 is 10.0 Å². The van der Waals surface area contributed by atoms with Gasteiger partial charge in [0.2, 0.25) is 10.0 Å². The highest BCUT2D eigenvalue weighted by Gasteiger charge is 2.21. The number of nitrogen functional groups attached to an aromatic ring is 1. The zero-order valence-electron chi connectivity index (χ0n) is 11.7. The van der Waals surface area contributed by atoms with Crippen molar-refractivity contribution >= 4 is 31.6 Å². The molecule has 0 aliphatic rings. The van der Waals surface area contributed by atoms with Crippen LogP contribution in [0.5, 0.6) is 0 Å². The van der Waals surface area contributed by atoms with Crippen LogP contribution in [0, 0.1) is 12.8 Å². The molecule has 3 N–H and O–H groups in total. The van der Waals surface area contributed by atoms with Crippen molar-refractivity contribution in [3.63, 3.8) is 0 Å². The van der Waals surface area contributed by atoms with Crippen LogP contribution in [0.1, 0.15) is 32.8 Å². The largest absolute Gasteiger partial charge is 0.398 e. The van der Waals surface area contributed by atoms with Crippen LogP contribution in [0.3, 0.4) is 0 Å². The molecule has 1 aromatic rings. The highest BCUT2D eigenvalue weighted by Crippen LogP contribution is 2.26. The minimum Gasteiger partial charge on any atom is -0.398 e. The molecule has 0 radical (unpaired) electrons. The lowest BCUT2D eigenvalue weighted by Gasteiger charge is -2.18. The van der Waals surface area contributed by atoms with Gasteiger partial charge in [-0.15, -0.1) is 0 Å². The van der Waals surface area contributed by atoms with Crippen molar-refractivity contribution in [2.75, 3.05) is 5.73 Å². The third kappa shape index (κ3) is 4.47. The lowest BCUT2D eigenvalue weighted by molar-refractivity contribution is 0.482. The number of hydrogen-bond acceptors (Lipinski definition) is 3. The standard InChI is InChI=1S/C13H21BrN2O2S/c1-8(2)5-9(3)16-19(17,18)13-7-11(14)6-12(15)10(13)4/h6-9,16H,5,15H2,1-4H3. The molecular weight excluding hydrogens is 328 g/mol. The van der Waals surface area contributed by atoms with Crippen LogP contribution in [-0.4, -0.2) is 14.5 Å². The summed E-state index contributed by atoms with van der Waals surface area (Å²) in [6.07, 6.45) is 0.793. The molecule has 0 amide bonds. The van der Waals surface area contributed by atoms with Gasteiger partial charge in [0.1, 0.15) is 0 Å². The van der Waals surface area contributed by atoms with Gasteiger partial charge in [0.25, 0.3) is 0 Å². The van der Waals surface area contributed by atoms with E-state index in [-0.39, 0.29) is 10.9 Å². The first-order valence-electron chi connectivity index (χ1n) is 6.21. The highest BCUT2D eigenvalue weighted by molar-refractivity contribution is 9.10. The number of halogens is 1. The highest BCUT2D eigenvalue weighted by atomic mass is 79.9. The number of benzene rings is 1. The Morgan fingerprint density at radius 2 is 1.89 bits per heavy atom. The number of sulfonamides is 1. The van der Waals surface area contributed by atoms with Crippen molar-refractivity contribution in [1.29, 1.82) is 0 Å². The monoisotopic (exact) mass is 348 g/mol. The molecule has 19 heavy (non-hydrogen) atoms. The van der Waals surface area contributed by atoms with E-state index in [0.29, 0.717) is 21.6 Å². The molecule has 0 aromatic heterocycles. The summed E-state index contributed by atoms with van der Waals surface area (Å²) in [4.78, 5) is 0.231. The molecule has 0 aliphatic carbocycles. The van der Waals surface area contributed by atoms with Gasteiger partial charge in [0, 0.05) is 16.2 Å². The Balaban J connectivity index is 3.07. The molecule has 0 saturated carbocycles. The molecule has 1 aromatic carbocycles. The minimum atomic E-state index is -3.54. The number of nitrogens with two attached hydrogens (primary N) is 1. The van der Waals surface area contributed by atoms with Crippen LogP contribution in [0.15, 0.2) is 21.5 Å². The summed E-state index contributed by atoms with van der Waals surface area (Å²) < 4.78 is 28.1. The van der Waals surface area contributed by atoms with Gasteiger partial charge >= 0.3 is 0 Å². The molecule has 1 rings (SSSR count). The van der Waals surface area contributed by atoms with Crippen molar-refractivity contribution in [1.82, 2.24) is 4.72 Å². The van der Waals surface area contributed by atoms with E-state index in [1.807, 2.05) is 6.92 Å². The summed E-state index contributed by atoms with van der Waals surface area (Å²) in [6, 6.07) is 3.17. The zero-order chi connectivity index (χ0) is 14.8. The van der Waals surface area contributed by atoms with Crippen molar-refractivity contribution in [3.05, 3.63) is 22.2 Å². The normalized spacial score (nSPS) is 13.8. The summed E-state index contributed by atoms with van der Waals surface area (Å²) in [7, 11) is -3.54. The Hall–Kier alpha value is -0.590. The fraction of sp³-hybridized carbons (Fsp3) is 0.538. The van der Waals surface area contributed by atoms with Gasteiger partial charge < -0.3 is 5.73 Å². The Morgan fingerprint density at radius 3 is 2.42 bits per heavy atom. The third-order valence-electron chi connectivity index (χ3n) is 2.84. The Labute approximate surface area is 124 Å². The quantitative estimate of drug-likeness (QED) is 0.803.